The lowest BCUT2D eigenvalue weighted by Gasteiger charge is -2.24. The van der Waals surface area contributed by atoms with Crippen LogP contribution in [0.3, 0.4) is 0 Å². The molecule has 0 bridgehead atoms. The summed E-state index contributed by atoms with van der Waals surface area (Å²) in [4.78, 5) is 11.4. The number of carbonyl (C=O) groups is 1. The van der Waals surface area contributed by atoms with Crippen molar-refractivity contribution in [1.82, 2.24) is 0 Å². The molecule has 0 heterocycles. The van der Waals surface area contributed by atoms with Crippen LogP contribution in [-0.4, -0.2) is 17.6 Å². The molecule has 2 unspecified atom stereocenters. The molecular formula is C17H26N2O2. The fraction of sp³-hybridized carbons (Fsp3) is 0.588. The summed E-state index contributed by atoms with van der Waals surface area (Å²) in [5.41, 5.74) is 11.9. The summed E-state index contributed by atoms with van der Waals surface area (Å²) in [5.74, 6) is 0.387. The molecular weight excluding hydrogens is 264 g/mol. The lowest BCUT2D eigenvalue weighted by atomic mass is 9.82. The first kappa shape index (κ1) is 15.8. The predicted octanol–water partition coefficient (Wildman–Crippen LogP) is 2.49. The Balaban J connectivity index is 2.01. The van der Waals surface area contributed by atoms with Gasteiger partial charge in [0.25, 0.3) is 0 Å². The second-order valence-electron chi connectivity index (χ2n) is 6.76. The summed E-state index contributed by atoms with van der Waals surface area (Å²) in [6, 6.07) is 8.20. The van der Waals surface area contributed by atoms with Gasteiger partial charge in [-0.2, -0.15) is 0 Å². The average Bonchev–Trinajstić information content (AvgIpc) is 2.82. The van der Waals surface area contributed by atoms with Crippen molar-refractivity contribution < 1.29 is 9.53 Å². The lowest BCUT2D eigenvalue weighted by Crippen LogP contribution is -2.50. The molecule has 1 fully saturated rings. The highest BCUT2D eigenvalue weighted by Crippen LogP contribution is 2.32. The second kappa shape index (κ2) is 5.68. The molecule has 1 aliphatic rings. The first-order valence-electron chi connectivity index (χ1n) is 7.63. The molecule has 1 amide bonds. The molecule has 2 rings (SSSR count). The van der Waals surface area contributed by atoms with E-state index in [1.54, 1.807) is 0 Å². The molecule has 0 aromatic heterocycles. The molecule has 0 aliphatic heterocycles. The fourth-order valence-corrected chi connectivity index (χ4v) is 2.73. The normalized spacial score (nSPS) is 25.8. The maximum atomic E-state index is 11.4. The average molecular weight is 290 g/mol. The Morgan fingerprint density at radius 3 is 2.48 bits per heavy atom. The van der Waals surface area contributed by atoms with E-state index in [9.17, 15) is 4.79 Å². The molecule has 0 saturated heterocycles. The van der Waals surface area contributed by atoms with Crippen LogP contribution in [-0.2, 0) is 10.2 Å². The van der Waals surface area contributed by atoms with Gasteiger partial charge >= 0.3 is 0 Å². The van der Waals surface area contributed by atoms with Crippen molar-refractivity contribution in [2.75, 3.05) is 0 Å². The molecule has 1 saturated carbocycles. The van der Waals surface area contributed by atoms with E-state index >= 15 is 0 Å². The van der Waals surface area contributed by atoms with E-state index in [1.165, 1.54) is 5.56 Å². The first-order valence-corrected chi connectivity index (χ1v) is 7.63. The van der Waals surface area contributed by atoms with E-state index in [4.69, 9.17) is 16.2 Å². The molecule has 0 spiro atoms. The summed E-state index contributed by atoms with van der Waals surface area (Å²) in [5, 5.41) is 0. The number of benzene rings is 1. The summed E-state index contributed by atoms with van der Waals surface area (Å²) in [6.07, 6.45) is 2.90. The molecule has 1 aromatic carbocycles. The molecule has 4 heteroatoms. The van der Waals surface area contributed by atoms with Crippen molar-refractivity contribution in [2.24, 2.45) is 11.5 Å². The third kappa shape index (κ3) is 3.38. The van der Waals surface area contributed by atoms with Crippen LogP contribution in [0.4, 0.5) is 0 Å². The van der Waals surface area contributed by atoms with Gasteiger partial charge in [-0.05, 0) is 42.4 Å². The number of nitrogens with two attached hydrogens (primary N) is 2. The maximum absolute atomic E-state index is 11.4. The molecule has 2 atom stereocenters. The van der Waals surface area contributed by atoms with E-state index in [-0.39, 0.29) is 11.5 Å². The van der Waals surface area contributed by atoms with Gasteiger partial charge in [-0.1, -0.05) is 32.9 Å². The third-order valence-electron chi connectivity index (χ3n) is 4.82. The van der Waals surface area contributed by atoms with Crippen LogP contribution in [0.2, 0.25) is 0 Å². The van der Waals surface area contributed by atoms with Crippen molar-refractivity contribution in [3.63, 3.8) is 0 Å². The minimum atomic E-state index is -0.908. The van der Waals surface area contributed by atoms with Crippen molar-refractivity contribution in [1.29, 1.82) is 0 Å². The summed E-state index contributed by atoms with van der Waals surface area (Å²) < 4.78 is 5.93. The predicted molar refractivity (Wildman–Crippen MR) is 84.1 cm³/mol. The molecule has 4 N–H and O–H groups in total. The van der Waals surface area contributed by atoms with Crippen LogP contribution in [0, 0.1) is 0 Å². The Morgan fingerprint density at radius 1 is 1.38 bits per heavy atom. The zero-order valence-corrected chi connectivity index (χ0v) is 13.2. The number of ether oxygens (including phenoxy) is 1. The van der Waals surface area contributed by atoms with Crippen molar-refractivity contribution >= 4 is 5.91 Å². The van der Waals surface area contributed by atoms with Gasteiger partial charge in [-0.3, -0.25) is 4.79 Å². The minimum Gasteiger partial charge on any atom is -0.490 e. The topological polar surface area (TPSA) is 78.3 Å². The number of hydrogen-bond acceptors (Lipinski definition) is 3. The number of primary amides is 1. The van der Waals surface area contributed by atoms with Gasteiger partial charge in [-0.25, -0.2) is 0 Å². The Morgan fingerprint density at radius 2 is 2.00 bits per heavy atom. The van der Waals surface area contributed by atoms with Gasteiger partial charge in [0.15, 0.2) is 0 Å². The highest BCUT2D eigenvalue weighted by atomic mass is 16.5. The molecule has 4 nitrogen and oxygen atoms in total. The molecule has 1 aliphatic carbocycles. The summed E-state index contributed by atoms with van der Waals surface area (Å²) >= 11 is 0. The minimum absolute atomic E-state index is 0.0347. The Labute approximate surface area is 126 Å². The summed E-state index contributed by atoms with van der Waals surface area (Å²) in [7, 11) is 0. The molecule has 21 heavy (non-hydrogen) atoms. The standard InChI is InChI=1S/C17H26N2O2/c1-4-16(2,3)12-5-7-13(8-6-12)21-14-9-10-17(19,11-14)15(18)20/h5-8,14H,4,9-11,19H2,1-3H3,(H2,18,20). The van der Waals surface area contributed by atoms with Crippen LogP contribution in [0.15, 0.2) is 24.3 Å². The van der Waals surface area contributed by atoms with Crippen LogP contribution in [0.25, 0.3) is 0 Å². The number of hydrogen-bond donors (Lipinski definition) is 2. The van der Waals surface area contributed by atoms with Crippen molar-refractivity contribution in [3.8, 4) is 5.75 Å². The van der Waals surface area contributed by atoms with Crippen LogP contribution in [0.1, 0.15) is 52.0 Å². The van der Waals surface area contributed by atoms with Crippen LogP contribution in [0.5, 0.6) is 5.75 Å². The Bertz CT molecular complexity index is 510. The SMILES string of the molecule is CCC(C)(C)c1ccc(OC2CCC(N)(C(N)=O)C2)cc1. The van der Waals surface area contributed by atoms with E-state index in [1.807, 2.05) is 12.1 Å². The van der Waals surface area contributed by atoms with Gasteiger partial charge in [0.1, 0.15) is 11.9 Å². The smallest absolute Gasteiger partial charge is 0.237 e. The second-order valence-corrected chi connectivity index (χ2v) is 6.76. The van der Waals surface area contributed by atoms with Gasteiger partial charge in [0.2, 0.25) is 5.91 Å². The first-order chi connectivity index (χ1) is 9.77. The zero-order valence-electron chi connectivity index (χ0n) is 13.2. The largest absolute Gasteiger partial charge is 0.490 e. The van der Waals surface area contributed by atoms with Gasteiger partial charge < -0.3 is 16.2 Å². The number of rotatable bonds is 5. The molecule has 1 aromatic rings. The van der Waals surface area contributed by atoms with Crippen molar-refractivity contribution in [3.05, 3.63) is 29.8 Å². The van der Waals surface area contributed by atoms with E-state index in [0.29, 0.717) is 12.8 Å². The quantitative estimate of drug-likeness (QED) is 0.874. The Kier molecular flexibility index (Phi) is 4.28. The lowest BCUT2D eigenvalue weighted by molar-refractivity contribution is -0.123. The zero-order chi connectivity index (χ0) is 15.7. The van der Waals surface area contributed by atoms with Crippen LogP contribution < -0.4 is 16.2 Å². The Hall–Kier alpha value is -1.55. The van der Waals surface area contributed by atoms with Crippen molar-refractivity contribution in [2.45, 2.75) is 63.5 Å². The highest BCUT2D eigenvalue weighted by Gasteiger charge is 2.41. The van der Waals surface area contributed by atoms with E-state index in [0.717, 1.165) is 18.6 Å². The van der Waals surface area contributed by atoms with E-state index < -0.39 is 11.4 Å². The van der Waals surface area contributed by atoms with Crippen LogP contribution >= 0.6 is 0 Å². The molecule has 0 radical (unpaired) electrons. The summed E-state index contributed by atoms with van der Waals surface area (Å²) in [6.45, 7) is 6.65. The van der Waals surface area contributed by atoms with E-state index in [2.05, 4.69) is 32.9 Å². The monoisotopic (exact) mass is 290 g/mol. The highest BCUT2D eigenvalue weighted by molar-refractivity contribution is 5.84. The van der Waals surface area contributed by atoms with Gasteiger partial charge in [0.05, 0.1) is 5.54 Å². The number of amides is 1. The van der Waals surface area contributed by atoms with Gasteiger partial charge in [0, 0.05) is 6.42 Å². The maximum Gasteiger partial charge on any atom is 0.237 e. The third-order valence-corrected chi connectivity index (χ3v) is 4.82. The number of carbonyl (C=O) groups excluding carboxylic acids is 1. The fourth-order valence-electron chi connectivity index (χ4n) is 2.73. The van der Waals surface area contributed by atoms with Gasteiger partial charge in [-0.15, -0.1) is 0 Å². The molecule has 116 valence electrons.